The smallest absolute Gasteiger partial charge is 0.166 e. The van der Waals surface area contributed by atoms with Crippen LogP contribution in [-0.4, -0.2) is 11.2 Å². The Balaban J connectivity index is 2.30. The zero-order valence-electron chi connectivity index (χ0n) is 8.13. The SMILES string of the molecule is CC(C)NC(=S)NCc1ccc(Cl)s1. The summed E-state index contributed by atoms with van der Waals surface area (Å²) in [6.07, 6.45) is 0. The molecule has 0 aliphatic heterocycles. The molecule has 1 aromatic rings. The summed E-state index contributed by atoms with van der Waals surface area (Å²) < 4.78 is 0.810. The van der Waals surface area contributed by atoms with Gasteiger partial charge in [-0.1, -0.05) is 11.6 Å². The molecule has 0 bridgehead atoms. The summed E-state index contributed by atoms with van der Waals surface area (Å²) in [5.74, 6) is 0. The van der Waals surface area contributed by atoms with Gasteiger partial charge >= 0.3 is 0 Å². The van der Waals surface area contributed by atoms with Gasteiger partial charge in [-0.25, -0.2) is 0 Å². The van der Waals surface area contributed by atoms with Crippen molar-refractivity contribution < 1.29 is 0 Å². The van der Waals surface area contributed by atoms with Gasteiger partial charge in [-0.15, -0.1) is 11.3 Å². The minimum Gasteiger partial charge on any atom is -0.361 e. The molecule has 0 aromatic carbocycles. The maximum Gasteiger partial charge on any atom is 0.166 e. The summed E-state index contributed by atoms with van der Waals surface area (Å²) >= 11 is 12.5. The average molecular weight is 249 g/mol. The highest BCUT2D eigenvalue weighted by atomic mass is 35.5. The van der Waals surface area contributed by atoms with Crippen LogP contribution in [0.1, 0.15) is 18.7 Å². The van der Waals surface area contributed by atoms with Crippen molar-refractivity contribution in [3.05, 3.63) is 21.3 Å². The maximum absolute atomic E-state index is 5.80. The zero-order valence-corrected chi connectivity index (χ0v) is 10.5. The molecule has 0 radical (unpaired) electrons. The number of rotatable bonds is 3. The number of halogens is 1. The molecule has 1 aromatic heterocycles. The van der Waals surface area contributed by atoms with Crippen LogP contribution in [0.15, 0.2) is 12.1 Å². The molecule has 0 saturated heterocycles. The van der Waals surface area contributed by atoms with Crippen LogP contribution in [0.3, 0.4) is 0 Å². The topological polar surface area (TPSA) is 24.1 Å². The molecule has 0 saturated carbocycles. The first kappa shape index (κ1) is 11.8. The third-order valence-corrected chi connectivity index (χ3v) is 2.97. The summed E-state index contributed by atoms with van der Waals surface area (Å²) in [6, 6.07) is 4.25. The summed E-state index contributed by atoms with van der Waals surface area (Å²) in [6.45, 7) is 4.84. The first-order valence-corrected chi connectivity index (χ1v) is 5.97. The van der Waals surface area contributed by atoms with E-state index in [0.717, 1.165) is 10.9 Å². The molecule has 0 aliphatic carbocycles. The van der Waals surface area contributed by atoms with Crippen molar-refractivity contribution in [1.29, 1.82) is 0 Å². The third kappa shape index (κ3) is 4.26. The fourth-order valence-corrected chi connectivity index (χ4v) is 2.26. The van der Waals surface area contributed by atoms with Crippen molar-refractivity contribution in [2.45, 2.75) is 26.4 Å². The van der Waals surface area contributed by atoms with E-state index in [2.05, 4.69) is 24.5 Å². The monoisotopic (exact) mass is 248 g/mol. The first-order valence-electron chi connectivity index (χ1n) is 4.36. The van der Waals surface area contributed by atoms with Crippen LogP contribution in [0.25, 0.3) is 0 Å². The molecule has 1 rings (SSSR count). The lowest BCUT2D eigenvalue weighted by Crippen LogP contribution is -2.38. The van der Waals surface area contributed by atoms with Gasteiger partial charge in [-0.05, 0) is 38.2 Å². The minimum absolute atomic E-state index is 0.363. The lowest BCUT2D eigenvalue weighted by atomic mass is 10.4. The van der Waals surface area contributed by atoms with E-state index in [1.165, 1.54) is 4.88 Å². The number of thiocarbonyl (C=S) groups is 1. The molecule has 2 nitrogen and oxygen atoms in total. The van der Waals surface area contributed by atoms with Crippen molar-refractivity contribution in [2.24, 2.45) is 0 Å². The normalized spacial score (nSPS) is 10.3. The van der Waals surface area contributed by atoms with Gasteiger partial charge in [0.1, 0.15) is 0 Å². The molecule has 78 valence electrons. The van der Waals surface area contributed by atoms with Crippen molar-refractivity contribution in [3.63, 3.8) is 0 Å². The van der Waals surface area contributed by atoms with Gasteiger partial charge < -0.3 is 10.6 Å². The van der Waals surface area contributed by atoms with Crippen LogP contribution >= 0.6 is 35.2 Å². The van der Waals surface area contributed by atoms with Gasteiger partial charge in [0.2, 0.25) is 0 Å². The predicted molar refractivity (Wildman–Crippen MR) is 67.0 cm³/mol. The highest BCUT2D eigenvalue weighted by Crippen LogP contribution is 2.20. The number of nitrogens with one attached hydrogen (secondary N) is 2. The van der Waals surface area contributed by atoms with Crippen LogP contribution in [-0.2, 0) is 6.54 Å². The van der Waals surface area contributed by atoms with E-state index >= 15 is 0 Å². The number of thiophene rings is 1. The molecule has 2 N–H and O–H groups in total. The lowest BCUT2D eigenvalue weighted by Gasteiger charge is -2.12. The summed E-state index contributed by atoms with van der Waals surface area (Å²) in [5.41, 5.74) is 0. The molecule has 0 spiro atoms. The molecule has 0 atom stereocenters. The van der Waals surface area contributed by atoms with Crippen LogP contribution in [0, 0.1) is 0 Å². The molecule has 0 amide bonds. The van der Waals surface area contributed by atoms with E-state index in [-0.39, 0.29) is 0 Å². The first-order chi connectivity index (χ1) is 6.58. The van der Waals surface area contributed by atoms with Crippen molar-refractivity contribution >= 4 is 40.3 Å². The zero-order chi connectivity index (χ0) is 10.6. The van der Waals surface area contributed by atoms with E-state index in [0.29, 0.717) is 11.2 Å². The van der Waals surface area contributed by atoms with Crippen molar-refractivity contribution in [3.8, 4) is 0 Å². The third-order valence-electron chi connectivity index (χ3n) is 1.47. The summed E-state index contributed by atoms with van der Waals surface area (Å²) in [5, 5.41) is 6.91. The molecule has 1 heterocycles. The Morgan fingerprint density at radius 3 is 2.79 bits per heavy atom. The van der Waals surface area contributed by atoms with Gasteiger partial charge in [0.15, 0.2) is 5.11 Å². The minimum atomic E-state index is 0.363. The molecule has 0 aliphatic rings. The van der Waals surface area contributed by atoms with E-state index in [1.54, 1.807) is 11.3 Å². The molecule has 0 unspecified atom stereocenters. The van der Waals surface area contributed by atoms with Gasteiger partial charge in [0.25, 0.3) is 0 Å². The Hall–Kier alpha value is -0.320. The fourth-order valence-electron chi connectivity index (χ4n) is 0.927. The molecule has 14 heavy (non-hydrogen) atoms. The second-order valence-electron chi connectivity index (χ2n) is 3.19. The molecular weight excluding hydrogens is 236 g/mol. The predicted octanol–water partition coefficient (Wildman–Crippen LogP) is 2.77. The van der Waals surface area contributed by atoms with Gasteiger partial charge in [-0.2, -0.15) is 0 Å². The van der Waals surface area contributed by atoms with E-state index in [9.17, 15) is 0 Å². The molecule has 5 heteroatoms. The van der Waals surface area contributed by atoms with Crippen LogP contribution in [0.5, 0.6) is 0 Å². The number of hydrogen-bond donors (Lipinski definition) is 2. The van der Waals surface area contributed by atoms with Crippen LogP contribution < -0.4 is 10.6 Å². The highest BCUT2D eigenvalue weighted by Gasteiger charge is 2.00. The van der Waals surface area contributed by atoms with Gasteiger partial charge in [-0.3, -0.25) is 0 Å². The second kappa shape index (κ2) is 5.53. The molecule has 0 fully saturated rings. The van der Waals surface area contributed by atoms with Gasteiger partial charge in [0.05, 0.1) is 10.9 Å². The van der Waals surface area contributed by atoms with Crippen LogP contribution in [0.4, 0.5) is 0 Å². The number of hydrogen-bond acceptors (Lipinski definition) is 2. The molecular formula is C9H13ClN2S2. The largest absolute Gasteiger partial charge is 0.361 e. The van der Waals surface area contributed by atoms with E-state index < -0.39 is 0 Å². The summed E-state index contributed by atoms with van der Waals surface area (Å²) in [7, 11) is 0. The second-order valence-corrected chi connectivity index (χ2v) is 5.40. The Morgan fingerprint density at radius 2 is 2.29 bits per heavy atom. The average Bonchev–Trinajstić information content (AvgIpc) is 2.47. The Labute approximate surface area is 98.7 Å². The summed E-state index contributed by atoms with van der Waals surface area (Å²) in [4.78, 5) is 1.18. The Kier molecular flexibility index (Phi) is 4.65. The Bertz CT molecular complexity index is 310. The van der Waals surface area contributed by atoms with E-state index in [4.69, 9.17) is 23.8 Å². The van der Waals surface area contributed by atoms with Crippen molar-refractivity contribution in [2.75, 3.05) is 0 Å². The van der Waals surface area contributed by atoms with Crippen molar-refractivity contribution in [1.82, 2.24) is 10.6 Å². The van der Waals surface area contributed by atoms with E-state index in [1.807, 2.05) is 12.1 Å². The standard InChI is InChI=1S/C9H13ClN2S2/c1-6(2)12-9(13)11-5-7-3-4-8(10)14-7/h3-4,6H,5H2,1-2H3,(H2,11,12,13). The fraction of sp³-hybridized carbons (Fsp3) is 0.444. The lowest BCUT2D eigenvalue weighted by molar-refractivity contribution is 0.714. The Morgan fingerprint density at radius 1 is 1.57 bits per heavy atom. The maximum atomic E-state index is 5.80. The van der Waals surface area contributed by atoms with Gasteiger partial charge in [0, 0.05) is 10.9 Å². The van der Waals surface area contributed by atoms with Crippen LogP contribution in [0.2, 0.25) is 4.34 Å². The highest BCUT2D eigenvalue weighted by molar-refractivity contribution is 7.80. The quantitative estimate of drug-likeness (QED) is 0.805.